The first kappa shape index (κ1) is 22.7. The lowest BCUT2D eigenvalue weighted by molar-refractivity contribution is -0.149. The molecule has 7 nitrogen and oxygen atoms in total. The summed E-state index contributed by atoms with van der Waals surface area (Å²) in [6.07, 6.45) is 0.709. The lowest BCUT2D eigenvalue weighted by atomic mass is 9.81. The number of rotatable bonds is 6. The van der Waals surface area contributed by atoms with Crippen molar-refractivity contribution in [1.29, 1.82) is 0 Å². The second-order valence-corrected chi connectivity index (χ2v) is 10.8. The molecule has 10 heteroatoms. The minimum Gasteiger partial charge on any atom is -0.456 e. The van der Waals surface area contributed by atoms with E-state index in [0.717, 1.165) is 12.0 Å². The van der Waals surface area contributed by atoms with Crippen molar-refractivity contribution in [2.45, 2.75) is 29.4 Å². The monoisotopic (exact) mass is 574 g/mol. The molecule has 31 heavy (non-hydrogen) atoms. The van der Waals surface area contributed by atoms with E-state index in [4.69, 9.17) is 16.3 Å². The van der Waals surface area contributed by atoms with Gasteiger partial charge in [-0.05, 0) is 42.9 Å². The molecular weight excluding hydrogens is 556 g/mol. The largest absolute Gasteiger partial charge is 0.456 e. The fourth-order valence-corrected chi connectivity index (χ4v) is 7.01. The number of aryl methyl sites for hydroxylation is 1. The molecule has 1 aromatic rings. The van der Waals surface area contributed by atoms with Gasteiger partial charge in [-0.2, -0.15) is 0 Å². The van der Waals surface area contributed by atoms with E-state index < -0.39 is 18.5 Å². The van der Waals surface area contributed by atoms with Crippen molar-refractivity contribution in [2.24, 2.45) is 23.7 Å². The Morgan fingerprint density at radius 3 is 2.39 bits per heavy atom. The van der Waals surface area contributed by atoms with Gasteiger partial charge in [0, 0.05) is 26.9 Å². The van der Waals surface area contributed by atoms with Crippen LogP contribution >= 0.6 is 43.5 Å². The molecule has 1 saturated heterocycles. The van der Waals surface area contributed by atoms with Crippen LogP contribution in [0.15, 0.2) is 18.2 Å². The second kappa shape index (κ2) is 8.83. The van der Waals surface area contributed by atoms with Gasteiger partial charge >= 0.3 is 5.97 Å². The molecular formula is C21H21Br2ClN2O5. The quantitative estimate of drug-likeness (QED) is 0.319. The average Bonchev–Trinajstić information content (AvgIpc) is 3.33. The van der Waals surface area contributed by atoms with E-state index in [1.165, 1.54) is 4.90 Å². The van der Waals surface area contributed by atoms with Gasteiger partial charge in [-0.25, -0.2) is 0 Å². The summed E-state index contributed by atoms with van der Waals surface area (Å²) in [6.45, 7) is 1.33. The maximum atomic E-state index is 12.8. The molecule has 0 aromatic heterocycles. The van der Waals surface area contributed by atoms with Crippen LogP contribution in [0, 0.1) is 30.6 Å². The number of ether oxygens (including phenoxy) is 1. The third-order valence-corrected chi connectivity index (χ3v) is 9.90. The predicted molar refractivity (Wildman–Crippen MR) is 121 cm³/mol. The normalized spacial score (nSPS) is 31.2. The molecule has 6 atom stereocenters. The summed E-state index contributed by atoms with van der Waals surface area (Å²) in [7, 11) is 0. The van der Waals surface area contributed by atoms with Crippen LogP contribution in [0.2, 0.25) is 5.02 Å². The zero-order valence-corrected chi connectivity index (χ0v) is 20.6. The molecule has 1 aromatic carbocycles. The van der Waals surface area contributed by atoms with Crippen LogP contribution in [0.1, 0.15) is 18.4 Å². The van der Waals surface area contributed by atoms with Gasteiger partial charge in [-0.1, -0.05) is 49.5 Å². The fraction of sp³-hybridized carbons (Fsp3) is 0.524. The predicted octanol–water partition coefficient (Wildman–Crippen LogP) is 3.30. The number of amides is 3. The maximum absolute atomic E-state index is 12.8. The summed E-state index contributed by atoms with van der Waals surface area (Å²) in [5.41, 5.74) is 1.37. The van der Waals surface area contributed by atoms with E-state index in [1.54, 1.807) is 18.2 Å². The molecule has 0 radical (unpaired) electrons. The molecule has 2 bridgehead atoms. The highest BCUT2D eigenvalue weighted by Gasteiger charge is 2.66. The Kier molecular flexibility index (Phi) is 6.47. The van der Waals surface area contributed by atoms with E-state index in [0.29, 0.717) is 10.7 Å². The number of alkyl halides is 2. The number of carbonyl (C=O) groups is 4. The number of hydrogen-bond acceptors (Lipinski definition) is 5. The van der Waals surface area contributed by atoms with Gasteiger partial charge in [0.15, 0.2) is 6.61 Å². The Balaban J connectivity index is 1.27. The van der Waals surface area contributed by atoms with Crippen LogP contribution in [0.3, 0.4) is 0 Å². The summed E-state index contributed by atoms with van der Waals surface area (Å²) in [5.74, 6) is -1.89. The van der Waals surface area contributed by atoms with Crippen LogP contribution < -0.4 is 5.32 Å². The van der Waals surface area contributed by atoms with Crippen molar-refractivity contribution in [2.75, 3.05) is 18.5 Å². The van der Waals surface area contributed by atoms with Crippen LogP contribution in [0.25, 0.3) is 0 Å². The highest BCUT2D eigenvalue weighted by Crippen LogP contribution is 2.60. The van der Waals surface area contributed by atoms with Crippen LogP contribution in [-0.2, 0) is 23.9 Å². The van der Waals surface area contributed by atoms with Crippen LogP contribution in [-0.4, -0.2) is 51.4 Å². The van der Waals surface area contributed by atoms with Gasteiger partial charge in [-0.3, -0.25) is 24.1 Å². The minimum atomic E-state index is -0.643. The van der Waals surface area contributed by atoms with Crippen molar-refractivity contribution < 1.29 is 23.9 Å². The molecule has 0 spiro atoms. The molecule has 3 fully saturated rings. The second-order valence-electron chi connectivity index (χ2n) is 8.25. The molecule has 1 N–H and O–H groups in total. The van der Waals surface area contributed by atoms with Crippen molar-refractivity contribution in [3.8, 4) is 0 Å². The van der Waals surface area contributed by atoms with E-state index in [2.05, 4.69) is 37.2 Å². The van der Waals surface area contributed by atoms with Gasteiger partial charge in [-0.15, -0.1) is 0 Å². The van der Waals surface area contributed by atoms with Crippen LogP contribution in [0.5, 0.6) is 0 Å². The Bertz CT molecular complexity index is 926. The first-order valence-electron chi connectivity index (χ1n) is 10.0. The number of carbonyl (C=O) groups excluding carboxylic acids is 4. The molecule has 1 heterocycles. The number of nitrogens with one attached hydrogen (secondary N) is 1. The topological polar surface area (TPSA) is 92.8 Å². The molecule has 3 aliphatic rings. The first-order chi connectivity index (χ1) is 14.7. The Hall–Kier alpha value is -1.45. The lowest BCUT2D eigenvalue weighted by Crippen LogP contribution is -2.37. The Labute approximate surface area is 201 Å². The summed E-state index contributed by atoms with van der Waals surface area (Å²) in [6, 6.07) is 5.09. The summed E-state index contributed by atoms with van der Waals surface area (Å²) < 4.78 is 5.01. The van der Waals surface area contributed by atoms with Crippen molar-refractivity contribution in [3.05, 3.63) is 28.8 Å². The molecule has 0 unspecified atom stereocenters. The molecule has 2 aliphatic carbocycles. The number of hydrogen-bond donors (Lipinski definition) is 1. The highest BCUT2D eigenvalue weighted by molar-refractivity contribution is 9.12. The zero-order valence-electron chi connectivity index (χ0n) is 16.6. The van der Waals surface area contributed by atoms with Crippen molar-refractivity contribution >= 4 is 72.8 Å². The maximum Gasteiger partial charge on any atom is 0.308 e. The van der Waals surface area contributed by atoms with E-state index in [9.17, 15) is 19.2 Å². The van der Waals surface area contributed by atoms with Gasteiger partial charge < -0.3 is 10.1 Å². The Morgan fingerprint density at radius 1 is 1.16 bits per heavy atom. The molecule has 3 amide bonds. The molecule has 166 valence electrons. The summed E-state index contributed by atoms with van der Waals surface area (Å²) in [5, 5.41) is 3.12. The third-order valence-electron chi connectivity index (χ3n) is 6.46. The molecule has 1 aliphatic heterocycles. The van der Waals surface area contributed by atoms with Crippen molar-refractivity contribution in [3.63, 3.8) is 0 Å². The number of fused-ring (bicyclic) bond motifs is 5. The van der Waals surface area contributed by atoms with Crippen molar-refractivity contribution in [1.82, 2.24) is 4.90 Å². The summed E-state index contributed by atoms with van der Waals surface area (Å²) >= 11 is 13.2. The first-order valence-corrected chi connectivity index (χ1v) is 12.2. The number of benzene rings is 1. The zero-order chi connectivity index (χ0) is 22.4. The van der Waals surface area contributed by atoms with E-state index >= 15 is 0 Å². The Morgan fingerprint density at radius 2 is 1.77 bits per heavy atom. The van der Waals surface area contributed by atoms with Gasteiger partial charge in [0.25, 0.3) is 5.91 Å². The van der Waals surface area contributed by atoms with E-state index in [-0.39, 0.29) is 58.1 Å². The number of esters is 1. The smallest absolute Gasteiger partial charge is 0.308 e. The average molecular weight is 577 g/mol. The number of nitrogens with zero attached hydrogens (tertiary/aromatic N) is 1. The van der Waals surface area contributed by atoms with E-state index in [1.807, 2.05) is 6.92 Å². The molecule has 4 rings (SSSR count). The van der Waals surface area contributed by atoms with Gasteiger partial charge in [0.1, 0.15) is 0 Å². The fourth-order valence-electron chi connectivity index (χ4n) is 4.97. The minimum absolute atomic E-state index is 0.0299. The number of halogens is 3. The van der Waals surface area contributed by atoms with Gasteiger partial charge in [0.2, 0.25) is 11.8 Å². The summed E-state index contributed by atoms with van der Waals surface area (Å²) in [4.78, 5) is 51.3. The lowest BCUT2D eigenvalue weighted by Gasteiger charge is -2.28. The number of likely N-dealkylation sites (tertiary alicyclic amines) is 1. The molecule has 2 saturated carbocycles. The standard InChI is InChI=1S/C21H21Br2ClN2O5/c1-9-2-3-10(24)6-13(9)25-14(27)8-31-15(28)4-5-26-20(29)16-11-7-12(17(16)21(26)30)19(23)18(11)22/h2-3,6,11-12,16-19H,4-5,7-8H2,1H3,(H,25,27)/t11-,12-,16-,17-,18-,19+/m1/s1. The highest BCUT2D eigenvalue weighted by atomic mass is 79.9. The number of imide groups is 1. The van der Waals surface area contributed by atoms with Gasteiger partial charge in [0.05, 0.1) is 18.3 Å². The number of anilines is 1. The van der Waals surface area contributed by atoms with Crippen LogP contribution in [0.4, 0.5) is 5.69 Å². The SMILES string of the molecule is Cc1ccc(Cl)cc1NC(=O)COC(=O)CCN1C(=O)[C@@H]2[C@H]3C[C@@H]([C@@H](Br)[C@H]3Br)[C@H]2C1=O. The third kappa shape index (κ3) is 4.16.